The minimum Gasteiger partial charge on any atom is -0.374 e. The number of amides is 4. The van der Waals surface area contributed by atoms with Gasteiger partial charge in [-0.25, -0.2) is 9.59 Å². The maximum Gasteiger partial charge on any atom is 0.416 e. The number of urea groups is 2. The molecule has 2 aliphatic heterocycles. The quantitative estimate of drug-likeness (QED) is 0.0912. The zero-order valence-electron chi connectivity index (χ0n) is 30.3. The molecule has 4 atom stereocenters. The average molecular weight is 869 g/mol. The Morgan fingerprint density at radius 1 is 0.483 bits per heavy atom. The van der Waals surface area contributed by atoms with Gasteiger partial charge in [-0.2, -0.15) is 52.7 Å². The lowest BCUT2D eigenvalue weighted by atomic mass is 9.90. The van der Waals surface area contributed by atoms with Gasteiger partial charge in [0.25, 0.3) is 0 Å². The molecular weight excluding hydrogens is 836 g/mol. The lowest BCUT2D eigenvalue weighted by molar-refractivity contribution is -0.144. The summed E-state index contributed by atoms with van der Waals surface area (Å²) in [5.74, 6) is 0. The smallest absolute Gasteiger partial charge is 0.374 e. The van der Waals surface area contributed by atoms with Gasteiger partial charge in [0, 0.05) is 0 Å². The fourth-order valence-electron chi connectivity index (χ4n) is 6.30. The van der Waals surface area contributed by atoms with Crippen molar-refractivity contribution in [2.45, 2.75) is 61.5 Å². The molecule has 60 heavy (non-hydrogen) atoms. The minimum absolute atomic E-state index is 0.0276. The third kappa shape index (κ3) is 10.6. The first-order chi connectivity index (χ1) is 27.8. The molecule has 4 amide bonds. The number of ether oxygens (including phenoxy) is 2. The van der Waals surface area contributed by atoms with Gasteiger partial charge in [0.1, 0.15) is 11.1 Å². The summed E-state index contributed by atoms with van der Waals surface area (Å²) < 4.78 is 167. The van der Waals surface area contributed by atoms with Crippen molar-refractivity contribution >= 4 is 12.1 Å². The van der Waals surface area contributed by atoms with Crippen molar-refractivity contribution < 1.29 is 82.0 Å². The van der Waals surface area contributed by atoms with E-state index < -0.39 is 109 Å². The van der Waals surface area contributed by atoms with Crippen LogP contribution in [-0.2, 0) is 58.5 Å². The van der Waals surface area contributed by atoms with E-state index in [1.54, 1.807) is 60.7 Å². The highest BCUT2D eigenvalue weighted by Crippen LogP contribution is 2.39. The molecule has 0 aliphatic carbocycles. The van der Waals surface area contributed by atoms with E-state index in [0.717, 1.165) is 0 Å². The van der Waals surface area contributed by atoms with Gasteiger partial charge in [0.05, 0.1) is 48.7 Å². The summed E-state index contributed by atoms with van der Waals surface area (Å²) in [5, 5.41) is 30.1. The molecule has 4 aromatic carbocycles. The summed E-state index contributed by atoms with van der Waals surface area (Å²) in [6.45, 7) is -2.03. The van der Waals surface area contributed by atoms with E-state index in [1.807, 2.05) is 0 Å². The highest BCUT2D eigenvalue weighted by molar-refractivity contribution is 5.79. The molecule has 0 spiro atoms. The van der Waals surface area contributed by atoms with Crippen molar-refractivity contribution in [3.05, 3.63) is 142 Å². The third-order valence-electron chi connectivity index (χ3n) is 9.21. The molecule has 324 valence electrons. The van der Waals surface area contributed by atoms with Crippen molar-refractivity contribution in [3.63, 3.8) is 0 Å². The summed E-state index contributed by atoms with van der Waals surface area (Å²) in [6, 6.07) is 17.2. The molecule has 6 N–H and O–H groups in total. The number of rotatable bonds is 10. The molecular formula is C38H32F12N4O6. The zero-order valence-corrected chi connectivity index (χ0v) is 30.3. The Labute approximate surface area is 331 Å². The van der Waals surface area contributed by atoms with Crippen molar-refractivity contribution in [2.75, 3.05) is 13.2 Å². The largest absolute Gasteiger partial charge is 0.416 e. The van der Waals surface area contributed by atoms with E-state index in [9.17, 15) is 72.5 Å². The Kier molecular flexibility index (Phi) is 13.0. The second-order valence-electron chi connectivity index (χ2n) is 13.5. The van der Waals surface area contributed by atoms with Crippen LogP contribution in [0, 0.1) is 0 Å². The van der Waals surface area contributed by atoms with Crippen LogP contribution in [0.4, 0.5) is 62.3 Å². The van der Waals surface area contributed by atoms with Gasteiger partial charge in [-0.3, -0.25) is 0 Å². The number of alkyl halides is 12. The first-order valence-electron chi connectivity index (χ1n) is 17.2. The molecule has 0 radical (unpaired) electrons. The fraction of sp³-hybridized carbons (Fsp3) is 0.316. The summed E-state index contributed by atoms with van der Waals surface area (Å²) in [4.78, 5) is 23.4. The number of carbonyl (C=O) groups is 2. The van der Waals surface area contributed by atoms with Crippen LogP contribution in [0.25, 0.3) is 0 Å². The van der Waals surface area contributed by atoms with E-state index in [0.29, 0.717) is 35.4 Å². The van der Waals surface area contributed by atoms with Gasteiger partial charge < -0.3 is 41.0 Å². The van der Waals surface area contributed by atoms with Crippen LogP contribution >= 0.6 is 0 Å². The molecule has 10 nitrogen and oxygen atoms in total. The third-order valence-corrected chi connectivity index (χ3v) is 9.21. The molecule has 2 aliphatic rings. The Morgan fingerprint density at radius 2 is 0.767 bits per heavy atom. The van der Waals surface area contributed by atoms with Crippen LogP contribution in [0.15, 0.2) is 97.1 Å². The number of hydrogen-bond acceptors (Lipinski definition) is 6. The van der Waals surface area contributed by atoms with E-state index in [1.165, 1.54) is 0 Å². The minimum atomic E-state index is -4.97. The maximum atomic E-state index is 13.0. The Bertz CT molecular complexity index is 1920. The van der Waals surface area contributed by atoms with Crippen molar-refractivity contribution in [2.24, 2.45) is 0 Å². The van der Waals surface area contributed by atoms with Crippen LogP contribution in [-0.4, -0.2) is 47.9 Å². The lowest BCUT2D eigenvalue weighted by Crippen LogP contribution is -2.50. The molecule has 2 heterocycles. The number of aliphatic hydroxyl groups excluding tert-OH is 2. The molecule has 0 saturated carbocycles. The van der Waals surface area contributed by atoms with E-state index >= 15 is 0 Å². The van der Waals surface area contributed by atoms with Crippen LogP contribution in [0.1, 0.15) is 44.5 Å². The number of halogens is 12. The Balaban J connectivity index is 0.000000228. The second kappa shape index (κ2) is 17.2. The van der Waals surface area contributed by atoms with E-state index in [2.05, 4.69) is 21.3 Å². The standard InChI is InChI=1S/2C19H16F6N2O3/c2*20-18(21,22)13-6-11(7-14(8-13)19(23,24)25)9-30-10-17(12-4-2-1-3-5-12)15(28)26-16(29)27-17/h2*1-8,15,28H,9-10H2,(H2,26,27,29)/t15-,17+;15-,17-/m01/s1. The molecule has 6 rings (SSSR count). The second-order valence-corrected chi connectivity index (χ2v) is 13.5. The molecule has 4 aromatic rings. The predicted octanol–water partition coefficient (Wildman–Crippen LogP) is 7.54. The summed E-state index contributed by atoms with van der Waals surface area (Å²) in [5.41, 5.74) is -8.58. The first-order valence-corrected chi connectivity index (χ1v) is 17.2. The summed E-state index contributed by atoms with van der Waals surface area (Å²) in [6.07, 6.45) is -22.7. The Hall–Kier alpha value is -5.58. The predicted molar refractivity (Wildman–Crippen MR) is 184 cm³/mol. The van der Waals surface area contributed by atoms with Gasteiger partial charge >= 0.3 is 36.8 Å². The van der Waals surface area contributed by atoms with Gasteiger partial charge in [-0.15, -0.1) is 0 Å². The monoisotopic (exact) mass is 868 g/mol. The highest BCUT2D eigenvalue weighted by atomic mass is 19.4. The molecule has 0 aromatic heterocycles. The normalized spacial score (nSPS) is 22.0. The summed E-state index contributed by atoms with van der Waals surface area (Å²) in [7, 11) is 0. The number of carbonyl (C=O) groups excluding carboxylic acids is 2. The van der Waals surface area contributed by atoms with Crippen LogP contribution in [0.3, 0.4) is 0 Å². The van der Waals surface area contributed by atoms with Crippen molar-refractivity contribution in [3.8, 4) is 0 Å². The highest BCUT2D eigenvalue weighted by Gasteiger charge is 2.49. The first kappa shape index (κ1) is 45.5. The molecule has 22 heteroatoms. The maximum absolute atomic E-state index is 13.0. The lowest BCUT2D eigenvalue weighted by Gasteiger charge is -2.31. The van der Waals surface area contributed by atoms with Crippen molar-refractivity contribution in [1.82, 2.24) is 21.3 Å². The number of hydrogen-bond donors (Lipinski definition) is 6. The molecule has 2 fully saturated rings. The van der Waals surface area contributed by atoms with Gasteiger partial charge in [-0.05, 0) is 58.7 Å². The SMILES string of the molecule is O=C1N[C@@H](O)[C@@](COCc2cc(C(F)(F)F)cc(C(F)(F)F)c2)(c2ccccc2)N1.O=C1N[C@H](O)[C@@](COCc2cc(C(F)(F)F)cc(C(F)(F)F)c2)(c2ccccc2)N1. The van der Waals surface area contributed by atoms with Gasteiger partial charge in [-0.1, -0.05) is 60.7 Å². The molecule has 2 saturated heterocycles. The van der Waals surface area contributed by atoms with Crippen LogP contribution < -0.4 is 21.3 Å². The molecule has 0 bridgehead atoms. The molecule has 0 unspecified atom stereocenters. The van der Waals surface area contributed by atoms with E-state index in [-0.39, 0.29) is 23.3 Å². The van der Waals surface area contributed by atoms with Crippen LogP contribution in [0.5, 0.6) is 0 Å². The van der Waals surface area contributed by atoms with Gasteiger partial charge in [0.15, 0.2) is 12.5 Å². The van der Waals surface area contributed by atoms with E-state index in [4.69, 9.17) is 9.47 Å². The van der Waals surface area contributed by atoms with Crippen molar-refractivity contribution in [1.29, 1.82) is 0 Å². The number of aliphatic hydroxyl groups is 2. The van der Waals surface area contributed by atoms with Gasteiger partial charge in [0.2, 0.25) is 0 Å². The Morgan fingerprint density at radius 3 is 1.00 bits per heavy atom. The van der Waals surface area contributed by atoms with Crippen LogP contribution in [0.2, 0.25) is 0 Å². The fourth-order valence-corrected chi connectivity index (χ4v) is 6.30. The number of benzene rings is 4. The zero-order chi connectivity index (χ0) is 44.3. The average Bonchev–Trinajstić information content (AvgIpc) is 3.63. The summed E-state index contributed by atoms with van der Waals surface area (Å²) >= 11 is 0. The topological polar surface area (TPSA) is 141 Å². The number of nitrogens with one attached hydrogen (secondary N) is 4.